The number of nitrogens with one attached hydrogen (secondary N) is 1. The maximum absolute atomic E-state index is 13.3. The first-order valence-corrected chi connectivity index (χ1v) is 12.4. The van der Waals surface area contributed by atoms with Crippen LogP contribution in [0.15, 0.2) is 54.6 Å². The first-order chi connectivity index (χ1) is 16.4. The number of aromatic nitrogens is 1. The molecule has 0 saturated carbocycles. The molecule has 0 spiro atoms. The maximum atomic E-state index is 13.3. The average Bonchev–Trinajstić information content (AvgIpc) is 3.19. The van der Waals surface area contributed by atoms with Gasteiger partial charge < -0.3 is 19.5 Å². The van der Waals surface area contributed by atoms with Crippen LogP contribution in [-0.2, 0) is 0 Å². The third kappa shape index (κ3) is 6.22. The molecule has 2 aromatic carbocycles. The minimum absolute atomic E-state index is 0.0512. The van der Waals surface area contributed by atoms with Crippen molar-refractivity contribution >= 4 is 17.5 Å². The van der Waals surface area contributed by atoms with E-state index in [2.05, 4.69) is 35.6 Å². The highest BCUT2D eigenvalue weighted by Crippen LogP contribution is 2.31. The van der Waals surface area contributed by atoms with Gasteiger partial charge in [-0.2, -0.15) is 0 Å². The normalized spacial score (nSPS) is 12.1. The van der Waals surface area contributed by atoms with Crippen LogP contribution in [0.3, 0.4) is 0 Å². The van der Waals surface area contributed by atoms with Crippen LogP contribution in [-0.4, -0.2) is 48.2 Å². The number of halogens is 1. The van der Waals surface area contributed by atoms with Gasteiger partial charge in [0.05, 0.1) is 18.4 Å². The van der Waals surface area contributed by atoms with E-state index in [0.717, 1.165) is 60.9 Å². The first kappa shape index (κ1) is 25.9. The second-order valence-corrected chi connectivity index (χ2v) is 9.05. The Labute approximate surface area is 208 Å². The van der Waals surface area contributed by atoms with Crippen LogP contribution in [0.25, 0.3) is 16.9 Å². The summed E-state index contributed by atoms with van der Waals surface area (Å²) in [5.41, 5.74) is 4.41. The van der Waals surface area contributed by atoms with E-state index in [1.807, 2.05) is 61.5 Å². The zero-order valence-corrected chi connectivity index (χ0v) is 21.7. The summed E-state index contributed by atoms with van der Waals surface area (Å²) >= 11 is 6.13. The first-order valence-electron chi connectivity index (χ1n) is 12.0. The summed E-state index contributed by atoms with van der Waals surface area (Å²) in [5, 5.41) is 3.88. The fraction of sp³-hybridized carbons (Fsp3) is 0.393. The fourth-order valence-electron chi connectivity index (χ4n) is 4.29. The summed E-state index contributed by atoms with van der Waals surface area (Å²) in [5.74, 6) is 0.713. The fourth-order valence-corrected chi connectivity index (χ4v) is 4.41. The molecular formula is C28H36ClN3O2. The monoisotopic (exact) mass is 481 g/mol. The predicted molar refractivity (Wildman–Crippen MR) is 141 cm³/mol. The van der Waals surface area contributed by atoms with Gasteiger partial charge in [-0.25, -0.2) is 0 Å². The number of methoxy groups -OCH3 is 1. The van der Waals surface area contributed by atoms with Crippen LogP contribution in [0.5, 0.6) is 5.75 Å². The van der Waals surface area contributed by atoms with Crippen molar-refractivity contribution in [2.75, 3.05) is 26.7 Å². The smallest absolute Gasteiger partial charge is 0.253 e. The standard InChI is InChI=1S/C28H36ClN3O2/c1-6-31(7-2)17-9-10-20(3)30-28(33)26-19-27(22-13-15-23(29)16-14-22)32(21(26)4)24-11-8-12-25(18-24)34-5/h8,11-16,18-20H,6-7,9-10,17H2,1-5H3,(H,30,33). The van der Waals surface area contributed by atoms with E-state index in [9.17, 15) is 4.79 Å². The van der Waals surface area contributed by atoms with Crippen LogP contribution in [0.4, 0.5) is 0 Å². The highest BCUT2D eigenvalue weighted by Gasteiger charge is 2.21. The summed E-state index contributed by atoms with van der Waals surface area (Å²) in [6, 6.07) is 17.6. The van der Waals surface area contributed by atoms with E-state index >= 15 is 0 Å². The number of amides is 1. The van der Waals surface area contributed by atoms with Crippen molar-refractivity contribution in [2.24, 2.45) is 0 Å². The Bertz CT molecular complexity index is 1090. The second kappa shape index (κ2) is 12.1. The maximum Gasteiger partial charge on any atom is 0.253 e. The molecule has 3 rings (SSSR count). The Balaban J connectivity index is 1.89. The molecule has 3 aromatic rings. The van der Waals surface area contributed by atoms with Crippen LogP contribution >= 0.6 is 11.6 Å². The van der Waals surface area contributed by atoms with Gasteiger partial charge in [-0.05, 0) is 82.2 Å². The summed E-state index contributed by atoms with van der Waals surface area (Å²) in [7, 11) is 1.65. The molecule has 1 aromatic heterocycles. The van der Waals surface area contributed by atoms with Crippen molar-refractivity contribution in [1.82, 2.24) is 14.8 Å². The lowest BCUT2D eigenvalue weighted by molar-refractivity contribution is 0.0936. The van der Waals surface area contributed by atoms with Crippen LogP contribution in [0.2, 0.25) is 5.02 Å². The zero-order chi connectivity index (χ0) is 24.7. The number of nitrogens with zero attached hydrogens (tertiary/aromatic N) is 2. The average molecular weight is 482 g/mol. The molecule has 0 radical (unpaired) electrons. The molecule has 1 N–H and O–H groups in total. The van der Waals surface area contributed by atoms with Crippen LogP contribution < -0.4 is 10.1 Å². The number of carbonyl (C=O) groups excluding carboxylic acids is 1. The number of hydrogen-bond donors (Lipinski definition) is 1. The summed E-state index contributed by atoms with van der Waals surface area (Å²) in [6.45, 7) is 11.6. The molecule has 6 heteroatoms. The number of benzene rings is 2. The molecule has 0 bridgehead atoms. The van der Waals surface area contributed by atoms with Crippen LogP contribution in [0.1, 0.15) is 49.7 Å². The second-order valence-electron chi connectivity index (χ2n) is 8.62. The number of carbonyl (C=O) groups is 1. The highest BCUT2D eigenvalue weighted by molar-refractivity contribution is 6.30. The largest absolute Gasteiger partial charge is 0.497 e. The van der Waals surface area contributed by atoms with Crippen molar-refractivity contribution in [3.63, 3.8) is 0 Å². The Kier molecular flexibility index (Phi) is 9.20. The van der Waals surface area contributed by atoms with Crippen molar-refractivity contribution < 1.29 is 9.53 Å². The van der Waals surface area contributed by atoms with Gasteiger partial charge in [0, 0.05) is 28.5 Å². The summed E-state index contributed by atoms with van der Waals surface area (Å²) in [6.07, 6.45) is 2.00. The van der Waals surface area contributed by atoms with Gasteiger partial charge in [0.25, 0.3) is 5.91 Å². The molecule has 5 nitrogen and oxygen atoms in total. The van der Waals surface area contributed by atoms with E-state index in [-0.39, 0.29) is 11.9 Å². The summed E-state index contributed by atoms with van der Waals surface area (Å²) in [4.78, 5) is 15.7. The molecule has 0 aliphatic heterocycles. The van der Waals surface area contributed by atoms with Crippen LogP contribution in [0, 0.1) is 6.92 Å². The summed E-state index contributed by atoms with van der Waals surface area (Å²) < 4.78 is 7.54. The Morgan fingerprint density at radius 2 is 1.82 bits per heavy atom. The number of rotatable bonds is 11. The topological polar surface area (TPSA) is 46.5 Å². The van der Waals surface area contributed by atoms with Gasteiger partial charge in [-0.1, -0.05) is 43.6 Å². The minimum Gasteiger partial charge on any atom is -0.497 e. The number of hydrogen-bond acceptors (Lipinski definition) is 3. The number of ether oxygens (including phenoxy) is 1. The van der Waals surface area contributed by atoms with Crippen molar-refractivity contribution in [3.05, 3.63) is 70.9 Å². The lowest BCUT2D eigenvalue weighted by Gasteiger charge is -2.19. The van der Waals surface area contributed by atoms with E-state index in [1.165, 1.54) is 0 Å². The van der Waals surface area contributed by atoms with Gasteiger partial charge in [-0.3, -0.25) is 4.79 Å². The SMILES string of the molecule is CCN(CC)CCCC(C)NC(=O)c1cc(-c2ccc(Cl)cc2)n(-c2cccc(OC)c2)c1C. The lowest BCUT2D eigenvalue weighted by atomic mass is 10.1. The van der Waals surface area contributed by atoms with E-state index < -0.39 is 0 Å². The Hall–Kier alpha value is -2.76. The molecule has 0 fully saturated rings. The molecule has 182 valence electrons. The molecule has 1 atom stereocenters. The van der Waals surface area contributed by atoms with Gasteiger partial charge in [0.1, 0.15) is 5.75 Å². The van der Waals surface area contributed by atoms with Crippen molar-refractivity contribution in [3.8, 4) is 22.7 Å². The Morgan fingerprint density at radius 3 is 2.47 bits per heavy atom. The predicted octanol–water partition coefficient (Wildman–Crippen LogP) is 6.36. The lowest BCUT2D eigenvalue weighted by Crippen LogP contribution is -2.34. The van der Waals surface area contributed by atoms with E-state index in [4.69, 9.17) is 16.3 Å². The van der Waals surface area contributed by atoms with Crippen molar-refractivity contribution in [1.29, 1.82) is 0 Å². The molecule has 34 heavy (non-hydrogen) atoms. The molecule has 1 unspecified atom stereocenters. The highest BCUT2D eigenvalue weighted by atomic mass is 35.5. The molecule has 1 amide bonds. The van der Waals surface area contributed by atoms with Gasteiger partial charge in [-0.15, -0.1) is 0 Å². The molecular weight excluding hydrogens is 446 g/mol. The van der Waals surface area contributed by atoms with Gasteiger partial charge in [0.2, 0.25) is 0 Å². The third-order valence-electron chi connectivity index (χ3n) is 6.33. The minimum atomic E-state index is -0.0512. The molecule has 1 heterocycles. The van der Waals surface area contributed by atoms with Gasteiger partial charge in [0.15, 0.2) is 0 Å². The van der Waals surface area contributed by atoms with Crippen molar-refractivity contribution in [2.45, 2.75) is 46.6 Å². The molecule has 0 aliphatic carbocycles. The third-order valence-corrected chi connectivity index (χ3v) is 6.58. The zero-order valence-electron chi connectivity index (χ0n) is 20.9. The quantitative estimate of drug-likeness (QED) is 0.347. The molecule has 0 saturated heterocycles. The van der Waals surface area contributed by atoms with Gasteiger partial charge >= 0.3 is 0 Å². The van der Waals surface area contributed by atoms with E-state index in [0.29, 0.717) is 10.6 Å². The van der Waals surface area contributed by atoms with E-state index in [1.54, 1.807) is 7.11 Å². The Morgan fingerprint density at radius 1 is 1.12 bits per heavy atom. The molecule has 0 aliphatic rings.